The first-order chi connectivity index (χ1) is 30.3. The smallest absolute Gasteiger partial charge is 0.0781 e. The van der Waals surface area contributed by atoms with Crippen LogP contribution in [-0.2, 0) is 10.8 Å². The van der Waals surface area contributed by atoms with Crippen molar-refractivity contribution < 1.29 is 0 Å². The Morgan fingerprint density at radius 2 is 0.968 bits per heavy atom. The van der Waals surface area contributed by atoms with Gasteiger partial charge in [0.25, 0.3) is 0 Å². The summed E-state index contributed by atoms with van der Waals surface area (Å²) in [4.78, 5) is 5.05. The van der Waals surface area contributed by atoms with Crippen LogP contribution < -0.4 is 9.80 Å². The van der Waals surface area contributed by atoms with Gasteiger partial charge in [0.05, 0.1) is 22.7 Å². The summed E-state index contributed by atoms with van der Waals surface area (Å²) in [5, 5.41) is 7.49. The first-order valence-corrected chi connectivity index (χ1v) is 21.9. The van der Waals surface area contributed by atoms with Crippen molar-refractivity contribution in [3.05, 3.63) is 229 Å². The average molecular weight is 795 g/mol. The lowest BCUT2D eigenvalue weighted by Crippen LogP contribution is -2.31. The predicted octanol–water partition coefficient (Wildman–Crippen LogP) is 16.7. The van der Waals surface area contributed by atoms with E-state index in [-0.39, 0.29) is 10.8 Å². The molecule has 0 fully saturated rings. The van der Waals surface area contributed by atoms with Crippen molar-refractivity contribution in [2.45, 2.75) is 38.5 Å². The van der Waals surface area contributed by atoms with Gasteiger partial charge in [0.1, 0.15) is 0 Å². The molecule has 62 heavy (non-hydrogen) atoms. The fourth-order valence-corrected chi connectivity index (χ4v) is 10.9. The van der Waals surface area contributed by atoms with Crippen LogP contribution >= 0.6 is 0 Å². The van der Waals surface area contributed by atoms with E-state index < -0.39 is 0 Å². The summed E-state index contributed by atoms with van der Waals surface area (Å²) in [6, 6.07) is 76.8. The SMILES string of the molecule is CC1(C)c2ccccc2-c2ccc(N(c3ccccc3)c3ccc4ccccc4c3N3c4ccccc4C(C)(C)c4cc(-c5cc6ccccc6c6ccccc56)ccc43)cc21. The van der Waals surface area contributed by atoms with Crippen molar-refractivity contribution in [3.8, 4) is 22.3 Å². The van der Waals surface area contributed by atoms with Crippen molar-refractivity contribution >= 4 is 66.4 Å². The number of anilines is 6. The van der Waals surface area contributed by atoms with Crippen LogP contribution in [0.3, 0.4) is 0 Å². The van der Waals surface area contributed by atoms with Gasteiger partial charge < -0.3 is 9.80 Å². The second-order valence-corrected chi connectivity index (χ2v) is 18.1. The van der Waals surface area contributed by atoms with Gasteiger partial charge in [-0.25, -0.2) is 0 Å². The zero-order valence-electron chi connectivity index (χ0n) is 35.5. The maximum Gasteiger partial charge on any atom is 0.0781 e. The van der Waals surface area contributed by atoms with Gasteiger partial charge in [0.2, 0.25) is 0 Å². The van der Waals surface area contributed by atoms with Crippen molar-refractivity contribution in [2.24, 2.45) is 0 Å². The summed E-state index contributed by atoms with van der Waals surface area (Å²) in [5.74, 6) is 0. The summed E-state index contributed by atoms with van der Waals surface area (Å²) >= 11 is 0. The van der Waals surface area contributed by atoms with Gasteiger partial charge in [-0.1, -0.05) is 179 Å². The van der Waals surface area contributed by atoms with E-state index >= 15 is 0 Å². The third-order valence-corrected chi connectivity index (χ3v) is 14.0. The van der Waals surface area contributed by atoms with Gasteiger partial charge >= 0.3 is 0 Å². The molecule has 2 heteroatoms. The number of benzene rings is 10. The van der Waals surface area contributed by atoms with Crippen LogP contribution in [0.2, 0.25) is 0 Å². The Balaban J connectivity index is 1.12. The molecule has 0 amide bonds. The molecule has 1 heterocycles. The van der Waals surface area contributed by atoms with Crippen LogP contribution in [-0.4, -0.2) is 0 Å². The minimum atomic E-state index is -0.282. The Morgan fingerprint density at radius 1 is 0.355 bits per heavy atom. The van der Waals surface area contributed by atoms with Gasteiger partial charge in [0.15, 0.2) is 0 Å². The molecule has 296 valence electrons. The van der Waals surface area contributed by atoms with Crippen LogP contribution in [0, 0.1) is 0 Å². The molecular formula is C60H46N2. The predicted molar refractivity (Wildman–Crippen MR) is 263 cm³/mol. The number of fused-ring (bicyclic) bond motifs is 9. The quantitative estimate of drug-likeness (QED) is 0.160. The number of hydrogen-bond acceptors (Lipinski definition) is 2. The van der Waals surface area contributed by atoms with Crippen LogP contribution in [0.25, 0.3) is 54.6 Å². The van der Waals surface area contributed by atoms with E-state index in [0.717, 1.165) is 22.7 Å². The number of para-hydroxylation sites is 2. The topological polar surface area (TPSA) is 6.48 Å². The molecule has 0 radical (unpaired) electrons. The zero-order valence-corrected chi connectivity index (χ0v) is 35.5. The molecule has 0 spiro atoms. The average Bonchev–Trinajstić information content (AvgIpc) is 3.54. The Labute approximate surface area is 364 Å². The number of hydrogen-bond donors (Lipinski definition) is 0. The highest BCUT2D eigenvalue weighted by molar-refractivity contribution is 6.14. The molecule has 10 aromatic carbocycles. The molecule has 0 unspecified atom stereocenters. The van der Waals surface area contributed by atoms with Crippen LogP contribution in [0.5, 0.6) is 0 Å². The maximum absolute atomic E-state index is 2.57. The first-order valence-electron chi connectivity index (χ1n) is 21.9. The van der Waals surface area contributed by atoms with Crippen LogP contribution in [0.15, 0.2) is 206 Å². The van der Waals surface area contributed by atoms with E-state index in [0.29, 0.717) is 0 Å². The van der Waals surface area contributed by atoms with E-state index in [1.165, 1.54) is 88.2 Å². The maximum atomic E-state index is 2.57. The molecule has 2 aliphatic rings. The second kappa shape index (κ2) is 13.5. The summed E-state index contributed by atoms with van der Waals surface area (Å²) in [6.45, 7) is 9.53. The van der Waals surface area contributed by atoms with Gasteiger partial charge in [0, 0.05) is 27.6 Å². The standard InChI is InChI=1S/C60H46N2/c1-59(2)51-27-15-14-26-48(51)49-33-32-43(38-53(49)59)61(42-20-6-5-7-21-42)57-35-30-39-18-8-11-23-45(39)58(57)62-55-29-17-16-28-52(55)60(3,4)54-37-41(31-34-56(54)62)50-36-40-19-9-10-22-44(40)46-24-12-13-25-47(46)50/h5-38H,1-4H3. The highest BCUT2D eigenvalue weighted by Crippen LogP contribution is 2.58. The summed E-state index contributed by atoms with van der Waals surface area (Å²) in [6.07, 6.45) is 0. The van der Waals surface area contributed by atoms with Crippen molar-refractivity contribution in [1.29, 1.82) is 0 Å². The Morgan fingerprint density at radius 3 is 1.79 bits per heavy atom. The summed E-state index contributed by atoms with van der Waals surface area (Å²) in [5.41, 5.74) is 17.0. The largest absolute Gasteiger partial charge is 0.308 e. The molecule has 0 N–H and O–H groups in total. The normalized spacial score (nSPS) is 14.4. The van der Waals surface area contributed by atoms with Gasteiger partial charge in [-0.15, -0.1) is 0 Å². The van der Waals surface area contributed by atoms with E-state index in [1.54, 1.807) is 0 Å². The van der Waals surface area contributed by atoms with Crippen molar-refractivity contribution in [1.82, 2.24) is 0 Å². The van der Waals surface area contributed by atoms with E-state index in [4.69, 9.17) is 0 Å². The molecule has 1 aliphatic carbocycles. The summed E-state index contributed by atoms with van der Waals surface area (Å²) < 4.78 is 0. The third-order valence-electron chi connectivity index (χ3n) is 14.0. The molecule has 10 aromatic rings. The van der Waals surface area contributed by atoms with Crippen LogP contribution in [0.1, 0.15) is 49.9 Å². The van der Waals surface area contributed by atoms with Gasteiger partial charge in [-0.3, -0.25) is 0 Å². The summed E-state index contributed by atoms with van der Waals surface area (Å²) in [7, 11) is 0. The minimum Gasteiger partial charge on any atom is -0.308 e. The Kier molecular flexibility index (Phi) is 7.96. The first kappa shape index (κ1) is 36.4. The fraction of sp³-hybridized carbons (Fsp3) is 0.100. The lowest BCUT2D eigenvalue weighted by atomic mass is 9.72. The monoisotopic (exact) mass is 794 g/mol. The highest BCUT2D eigenvalue weighted by atomic mass is 15.2. The van der Waals surface area contributed by atoms with E-state index in [2.05, 4.69) is 244 Å². The molecule has 1 aliphatic heterocycles. The molecule has 0 atom stereocenters. The van der Waals surface area contributed by atoms with Gasteiger partial charge in [-0.05, 0) is 126 Å². The van der Waals surface area contributed by atoms with Gasteiger partial charge in [-0.2, -0.15) is 0 Å². The third kappa shape index (κ3) is 5.29. The Hall–Kier alpha value is -7.42. The molecule has 2 nitrogen and oxygen atoms in total. The lowest BCUT2D eigenvalue weighted by molar-refractivity contribution is 0.632. The molecule has 0 aromatic heterocycles. The highest BCUT2D eigenvalue weighted by Gasteiger charge is 2.40. The minimum absolute atomic E-state index is 0.138. The molecule has 12 rings (SSSR count). The number of rotatable bonds is 5. The van der Waals surface area contributed by atoms with Crippen LogP contribution in [0.4, 0.5) is 34.1 Å². The van der Waals surface area contributed by atoms with Crippen molar-refractivity contribution in [3.63, 3.8) is 0 Å². The van der Waals surface area contributed by atoms with E-state index in [1.807, 2.05) is 0 Å². The fourth-order valence-electron chi connectivity index (χ4n) is 10.9. The second-order valence-electron chi connectivity index (χ2n) is 18.1. The molecule has 0 bridgehead atoms. The Bertz CT molecular complexity index is 3430. The molecular weight excluding hydrogens is 749 g/mol. The molecule has 0 saturated carbocycles. The van der Waals surface area contributed by atoms with E-state index in [9.17, 15) is 0 Å². The number of nitrogens with zero attached hydrogens (tertiary/aromatic N) is 2. The zero-order chi connectivity index (χ0) is 41.7. The molecule has 0 saturated heterocycles. The van der Waals surface area contributed by atoms with Crippen molar-refractivity contribution in [2.75, 3.05) is 9.80 Å². The lowest BCUT2D eigenvalue weighted by Gasteiger charge is -2.44.